The van der Waals surface area contributed by atoms with Crippen LogP contribution in [0.5, 0.6) is 23.0 Å². The van der Waals surface area contributed by atoms with Crippen molar-refractivity contribution in [2.75, 3.05) is 45.8 Å². The predicted molar refractivity (Wildman–Crippen MR) is 202 cm³/mol. The zero-order chi connectivity index (χ0) is 37.8. The van der Waals surface area contributed by atoms with Crippen molar-refractivity contribution >= 4 is 50.7 Å². The number of carbonyl (C=O) groups is 2. The predicted octanol–water partition coefficient (Wildman–Crippen LogP) is 6.78. The molecule has 0 aliphatic heterocycles. The molecular formula is C38H43Cl2N3O8S. The number of methoxy groups -OCH3 is 4. The van der Waals surface area contributed by atoms with Crippen LogP contribution in [-0.2, 0) is 32.6 Å². The van der Waals surface area contributed by atoms with Gasteiger partial charge in [0.15, 0.2) is 11.5 Å². The number of rotatable bonds is 18. The molecule has 14 heteroatoms. The summed E-state index contributed by atoms with van der Waals surface area (Å²) < 4.78 is 52.1. The van der Waals surface area contributed by atoms with E-state index in [0.29, 0.717) is 28.6 Å². The van der Waals surface area contributed by atoms with E-state index in [2.05, 4.69) is 5.32 Å². The molecule has 52 heavy (non-hydrogen) atoms. The quantitative estimate of drug-likeness (QED) is 0.110. The molecule has 0 heterocycles. The minimum absolute atomic E-state index is 0.0338. The van der Waals surface area contributed by atoms with Crippen LogP contribution in [0.3, 0.4) is 0 Å². The Bertz CT molecular complexity index is 1950. The summed E-state index contributed by atoms with van der Waals surface area (Å²) in [5.74, 6) is -0.105. The first kappa shape index (κ1) is 40.1. The molecule has 0 aromatic heterocycles. The molecule has 0 radical (unpaired) electrons. The second-order valence-electron chi connectivity index (χ2n) is 11.7. The summed E-state index contributed by atoms with van der Waals surface area (Å²) in [5, 5.41) is 3.55. The van der Waals surface area contributed by atoms with E-state index in [-0.39, 0.29) is 46.0 Å². The molecule has 0 unspecified atom stereocenters. The van der Waals surface area contributed by atoms with E-state index in [9.17, 15) is 18.0 Å². The van der Waals surface area contributed by atoms with E-state index in [0.717, 1.165) is 22.7 Å². The molecule has 0 bridgehead atoms. The summed E-state index contributed by atoms with van der Waals surface area (Å²) in [4.78, 5) is 30.1. The fourth-order valence-electron chi connectivity index (χ4n) is 5.50. The molecule has 0 saturated heterocycles. The highest BCUT2D eigenvalue weighted by Crippen LogP contribution is 2.38. The number of nitrogens with one attached hydrogen (secondary N) is 1. The Kier molecular flexibility index (Phi) is 14.4. The Balaban J connectivity index is 1.90. The maximum Gasteiger partial charge on any atom is 0.265 e. The van der Waals surface area contributed by atoms with E-state index >= 15 is 0 Å². The number of nitrogens with zero attached hydrogens (tertiary/aromatic N) is 2. The van der Waals surface area contributed by atoms with E-state index in [1.165, 1.54) is 57.6 Å². The molecule has 1 N–H and O–H groups in total. The summed E-state index contributed by atoms with van der Waals surface area (Å²) in [6.07, 6.45) is 1.73. The average Bonchev–Trinajstić information content (AvgIpc) is 3.16. The summed E-state index contributed by atoms with van der Waals surface area (Å²) >= 11 is 12.6. The lowest BCUT2D eigenvalue weighted by molar-refractivity contribution is -0.140. The third-order valence-electron chi connectivity index (χ3n) is 8.31. The van der Waals surface area contributed by atoms with Crippen LogP contribution in [-0.4, -0.2) is 72.7 Å². The van der Waals surface area contributed by atoms with Gasteiger partial charge in [0.2, 0.25) is 11.8 Å². The van der Waals surface area contributed by atoms with Crippen molar-refractivity contribution in [3.05, 3.63) is 106 Å². The van der Waals surface area contributed by atoms with Crippen molar-refractivity contribution in [2.45, 2.75) is 43.7 Å². The number of hydrogen-bond donors (Lipinski definition) is 1. The number of ether oxygens (including phenoxy) is 4. The second-order valence-corrected chi connectivity index (χ2v) is 14.4. The highest BCUT2D eigenvalue weighted by Gasteiger charge is 2.36. The van der Waals surface area contributed by atoms with Gasteiger partial charge in [0.25, 0.3) is 10.0 Å². The van der Waals surface area contributed by atoms with Gasteiger partial charge >= 0.3 is 0 Å². The minimum Gasteiger partial charge on any atom is -0.497 e. The number of halogens is 2. The van der Waals surface area contributed by atoms with Crippen LogP contribution in [0, 0.1) is 0 Å². The molecule has 2 amide bonds. The van der Waals surface area contributed by atoms with Crippen LogP contribution < -0.4 is 28.6 Å². The molecule has 0 aliphatic rings. The fraction of sp³-hybridized carbons (Fsp3) is 0.316. The monoisotopic (exact) mass is 771 g/mol. The molecule has 4 aromatic carbocycles. The highest BCUT2D eigenvalue weighted by atomic mass is 35.5. The normalized spacial score (nSPS) is 11.7. The van der Waals surface area contributed by atoms with Crippen molar-refractivity contribution in [2.24, 2.45) is 0 Å². The molecule has 0 saturated carbocycles. The lowest BCUT2D eigenvalue weighted by atomic mass is 10.0. The van der Waals surface area contributed by atoms with Crippen LogP contribution >= 0.6 is 23.2 Å². The average molecular weight is 773 g/mol. The lowest BCUT2D eigenvalue weighted by Gasteiger charge is -2.34. The Morgan fingerprint density at radius 3 is 2.10 bits per heavy atom. The number of unbranched alkanes of at least 4 members (excludes halogenated alkanes) is 1. The number of carbonyl (C=O) groups excluding carboxylic acids is 2. The summed E-state index contributed by atoms with van der Waals surface area (Å²) in [6, 6.07) is 21.9. The molecule has 278 valence electrons. The standard InChI is InChI=1S/C38H43Cl2N3O8S/c1-6-7-19-41-38(45)33(21-26-11-9-8-10-12-26)42(24-27-13-16-30(39)31(40)20-27)37(44)25-43(32-22-28(48-2)14-17-34(32)49-3)52(46,47)29-15-18-35(50-4)36(23-29)51-5/h8-18,20,22-23,33H,6-7,19,21,24-25H2,1-5H3,(H,41,45)/t33-/m0/s1. The number of benzene rings is 4. The number of sulfonamides is 1. The van der Waals surface area contributed by atoms with Gasteiger partial charge in [-0.05, 0) is 53.9 Å². The Morgan fingerprint density at radius 1 is 0.769 bits per heavy atom. The van der Waals surface area contributed by atoms with Gasteiger partial charge in [-0.3, -0.25) is 13.9 Å². The third kappa shape index (κ3) is 9.81. The zero-order valence-corrected chi connectivity index (χ0v) is 32.1. The largest absolute Gasteiger partial charge is 0.497 e. The SMILES string of the molecule is CCCCNC(=O)[C@H](Cc1ccccc1)N(Cc1ccc(Cl)c(Cl)c1)C(=O)CN(c1cc(OC)ccc1OC)S(=O)(=O)c1ccc(OC)c(OC)c1. The topological polar surface area (TPSA) is 124 Å². The van der Waals surface area contributed by atoms with Gasteiger partial charge in [-0.2, -0.15) is 0 Å². The first-order valence-electron chi connectivity index (χ1n) is 16.5. The van der Waals surface area contributed by atoms with Crippen LogP contribution in [0.25, 0.3) is 0 Å². The third-order valence-corrected chi connectivity index (χ3v) is 10.8. The minimum atomic E-state index is -4.53. The molecule has 4 rings (SSSR count). The van der Waals surface area contributed by atoms with Crippen molar-refractivity contribution < 1.29 is 37.0 Å². The van der Waals surface area contributed by atoms with Gasteiger partial charge in [-0.25, -0.2) is 8.42 Å². The van der Waals surface area contributed by atoms with Gasteiger partial charge in [0.1, 0.15) is 24.1 Å². The Hall–Kier alpha value is -4.65. The second kappa shape index (κ2) is 18.7. The van der Waals surface area contributed by atoms with Crippen LogP contribution in [0.1, 0.15) is 30.9 Å². The van der Waals surface area contributed by atoms with E-state index in [1.807, 2.05) is 37.3 Å². The van der Waals surface area contributed by atoms with Gasteiger partial charge in [0.05, 0.1) is 49.1 Å². The smallest absolute Gasteiger partial charge is 0.265 e. The maximum atomic E-state index is 14.9. The van der Waals surface area contributed by atoms with E-state index in [4.69, 9.17) is 42.1 Å². The zero-order valence-electron chi connectivity index (χ0n) is 29.7. The summed E-state index contributed by atoms with van der Waals surface area (Å²) in [6.45, 7) is 1.59. The summed E-state index contributed by atoms with van der Waals surface area (Å²) in [5.41, 5.74) is 1.41. The first-order valence-corrected chi connectivity index (χ1v) is 18.7. The van der Waals surface area contributed by atoms with Gasteiger partial charge in [-0.15, -0.1) is 0 Å². The van der Waals surface area contributed by atoms with Crippen molar-refractivity contribution in [1.29, 1.82) is 0 Å². The molecule has 0 spiro atoms. The van der Waals surface area contributed by atoms with Crippen LogP contribution in [0.2, 0.25) is 10.0 Å². The lowest BCUT2D eigenvalue weighted by Crippen LogP contribution is -2.53. The van der Waals surface area contributed by atoms with Crippen molar-refractivity contribution in [1.82, 2.24) is 10.2 Å². The highest BCUT2D eigenvalue weighted by molar-refractivity contribution is 7.92. The molecule has 11 nitrogen and oxygen atoms in total. The van der Waals surface area contributed by atoms with Gasteiger partial charge < -0.3 is 29.2 Å². The molecule has 0 aliphatic carbocycles. The molecule has 4 aromatic rings. The van der Waals surface area contributed by atoms with Crippen molar-refractivity contribution in [3.63, 3.8) is 0 Å². The van der Waals surface area contributed by atoms with Crippen LogP contribution in [0.4, 0.5) is 5.69 Å². The molecule has 0 fully saturated rings. The number of amides is 2. The first-order chi connectivity index (χ1) is 25.0. The number of hydrogen-bond acceptors (Lipinski definition) is 8. The Morgan fingerprint density at radius 2 is 1.46 bits per heavy atom. The molecule has 1 atom stereocenters. The van der Waals surface area contributed by atoms with Gasteiger partial charge in [0, 0.05) is 31.6 Å². The Labute approximate surface area is 315 Å². The molecular weight excluding hydrogens is 729 g/mol. The van der Waals surface area contributed by atoms with E-state index < -0.39 is 28.5 Å². The van der Waals surface area contributed by atoms with Crippen LogP contribution in [0.15, 0.2) is 89.8 Å². The van der Waals surface area contributed by atoms with Gasteiger partial charge in [-0.1, -0.05) is 72.9 Å². The van der Waals surface area contributed by atoms with E-state index in [1.54, 1.807) is 30.3 Å². The summed E-state index contributed by atoms with van der Waals surface area (Å²) in [7, 11) is 1.12. The fourth-order valence-corrected chi connectivity index (χ4v) is 7.26. The van der Waals surface area contributed by atoms with Crippen molar-refractivity contribution in [3.8, 4) is 23.0 Å². The number of anilines is 1. The maximum absolute atomic E-state index is 14.9.